The van der Waals surface area contributed by atoms with Crippen LogP contribution in [0, 0.1) is 0 Å². The fraction of sp³-hybridized carbons (Fsp3) is 0.611. The number of carbonyl (C=O) groups excluding carboxylic acids is 1. The van der Waals surface area contributed by atoms with Gasteiger partial charge in [0.2, 0.25) is 0 Å². The Kier molecular flexibility index (Phi) is 6.25. The van der Waals surface area contributed by atoms with E-state index >= 15 is 0 Å². The van der Waals surface area contributed by atoms with Gasteiger partial charge in [-0.15, -0.1) is 0 Å². The fourth-order valence-corrected chi connectivity index (χ4v) is 2.53. The van der Waals surface area contributed by atoms with E-state index in [1.807, 2.05) is 34.6 Å². The van der Waals surface area contributed by atoms with Gasteiger partial charge in [-0.25, -0.2) is 4.79 Å². The van der Waals surface area contributed by atoms with Crippen molar-refractivity contribution in [3.05, 3.63) is 35.5 Å². The Hall–Kier alpha value is -1.51. The molecule has 0 aliphatic heterocycles. The molecule has 1 aliphatic rings. The molecule has 0 saturated heterocycles. The number of carbonyl (C=O) groups is 1. The Labute approximate surface area is 129 Å². The van der Waals surface area contributed by atoms with Gasteiger partial charge in [0, 0.05) is 6.54 Å². The van der Waals surface area contributed by atoms with Crippen LogP contribution in [-0.4, -0.2) is 29.2 Å². The average Bonchev–Trinajstić information content (AvgIpc) is 2.39. The number of rotatable bonds is 4. The third kappa shape index (κ3) is 5.07. The summed E-state index contributed by atoms with van der Waals surface area (Å²) in [5.41, 5.74) is 1.93. The molecule has 1 aliphatic carbocycles. The first kappa shape index (κ1) is 17.5. The van der Waals surface area contributed by atoms with E-state index in [4.69, 9.17) is 4.74 Å². The molecule has 0 spiro atoms. The van der Waals surface area contributed by atoms with Crippen molar-refractivity contribution in [2.45, 2.75) is 66.0 Å². The van der Waals surface area contributed by atoms with Gasteiger partial charge in [0.15, 0.2) is 0 Å². The first-order chi connectivity index (χ1) is 9.80. The molecule has 0 aromatic rings. The second-order valence-electron chi connectivity index (χ2n) is 6.33. The summed E-state index contributed by atoms with van der Waals surface area (Å²) in [4.78, 5) is 14.2. The molecule has 118 valence electrons. The highest BCUT2D eigenvalue weighted by Gasteiger charge is 2.27. The van der Waals surface area contributed by atoms with Crippen molar-refractivity contribution in [1.29, 1.82) is 0 Å². The topological polar surface area (TPSA) is 29.5 Å². The number of likely N-dealkylation sites (N-methyl/N-ethyl adjacent to an activating group) is 1. The van der Waals surface area contributed by atoms with E-state index in [2.05, 4.69) is 31.2 Å². The summed E-state index contributed by atoms with van der Waals surface area (Å²) in [6, 6.07) is 0.00356. The van der Waals surface area contributed by atoms with Crippen molar-refractivity contribution in [3.8, 4) is 0 Å². The number of hydrogen-bond acceptors (Lipinski definition) is 2. The number of amides is 1. The van der Waals surface area contributed by atoms with Gasteiger partial charge in [-0.2, -0.15) is 0 Å². The minimum atomic E-state index is -0.468. The SMILES string of the molecule is C/C=C(/C1=CCCC=C1)C(C)N(CC)C(=O)OC(C)(C)C. The van der Waals surface area contributed by atoms with Gasteiger partial charge in [-0.3, -0.25) is 0 Å². The normalized spacial score (nSPS) is 17.2. The summed E-state index contributed by atoms with van der Waals surface area (Å²) in [6.07, 6.45) is 10.6. The van der Waals surface area contributed by atoms with Gasteiger partial charge >= 0.3 is 6.09 Å². The molecule has 0 N–H and O–H groups in total. The zero-order valence-corrected chi connectivity index (χ0v) is 14.3. The van der Waals surface area contributed by atoms with Gasteiger partial charge in [-0.05, 0) is 65.5 Å². The Morgan fingerprint density at radius 1 is 1.43 bits per heavy atom. The molecule has 0 aromatic carbocycles. The maximum absolute atomic E-state index is 12.4. The van der Waals surface area contributed by atoms with Crippen LogP contribution in [0.1, 0.15) is 54.4 Å². The minimum absolute atomic E-state index is 0.00356. The highest BCUT2D eigenvalue weighted by molar-refractivity contribution is 5.69. The van der Waals surface area contributed by atoms with Gasteiger partial charge < -0.3 is 9.64 Å². The average molecular weight is 291 g/mol. The summed E-state index contributed by atoms with van der Waals surface area (Å²) < 4.78 is 5.52. The van der Waals surface area contributed by atoms with Crippen LogP contribution in [0.4, 0.5) is 4.79 Å². The second kappa shape index (κ2) is 7.48. The van der Waals surface area contributed by atoms with Crippen molar-refractivity contribution < 1.29 is 9.53 Å². The first-order valence-corrected chi connectivity index (χ1v) is 7.83. The number of nitrogens with zero attached hydrogens (tertiary/aromatic N) is 1. The van der Waals surface area contributed by atoms with Gasteiger partial charge in [0.05, 0.1) is 6.04 Å². The van der Waals surface area contributed by atoms with E-state index in [9.17, 15) is 4.79 Å². The summed E-state index contributed by atoms with van der Waals surface area (Å²) in [6.45, 7) is 12.4. The van der Waals surface area contributed by atoms with Crippen molar-refractivity contribution >= 4 is 6.09 Å². The van der Waals surface area contributed by atoms with Crippen LogP contribution < -0.4 is 0 Å². The highest BCUT2D eigenvalue weighted by atomic mass is 16.6. The van der Waals surface area contributed by atoms with Crippen molar-refractivity contribution in [1.82, 2.24) is 4.90 Å². The zero-order chi connectivity index (χ0) is 16.0. The number of allylic oxidation sites excluding steroid dienone is 4. The predicted octanol–water partition coefficient (Wildman–Crippen LogP) is 4.85. The molecule has 1 amide bonds. The minimum Gasteiger partial charge on any atom is -0.444 e. The van der Waals surface area contributed by atoms with Gasteiger partial charge in [-0.1, -0.05) is 24.3 Å². The van der Waals surface area contributed by atoms with E-state index in [1.54, 1.807) is 4.90 Å². The number of hydrogen-bond donors (Lipinski definition) is 0. The van der Waals surface area contributed by atoms with Crippen LogP contribution in [-0.2, 0) is 4.74 Å². The lowest BCUT2D eigenvalue weighted by molar-refractivity contribution is 0.0217. The van der Waals surface area contributed by atoms with Gasteiger partial charge in [0.25, 0.3) is 0 Å². The molecule has 0 fully saturated rings. The van der Waals surface area contributed by atoms with Crippen LogP contribution in [0.5, 0.6) is 0 Å². The van der Waals surface area contributed by atoms with E-state index in [1.165, 1.54) is 11.1 Å². The third-order valence-electron chi connectivity index (χ3n) is 3.53. The maximum atomic E-state index is 12.4. The predicted molar refractivity (Wildman–Crippen MR) is 88.3 cm³/mol. The van der Waals surface area contributed by atoms with Crippen molar-refractivity contribution in [3.63, 3.8) is 0 Å². The maximum Gasteiger partial charge on any atom is 0.410 e. The summed E-state index contributed by atoms with van der Waals surface area (Å²) in [7, 11) is 0. The fourth-order valence-electron chi connectivity index (χ4n) is 2.53. The Morgan fingerprint density at radius 2 is 2.10 bits per heavy atom. The molecule has 21 heavy (non-hydrogen) atoms. The molecular weight excluding hydrogens is 262 g/mol. The largest absolute Gasteiger partial charge is 0.444 e. The van der Waals surface area contributed by atoms with Crippen molar-refractivity contribution in [2.24, 2.45) is 0 Å². The van der Waals surface area contributed by atoms with Crippen LogP contribution in [0.15, 0.2) is 35.5 Å². The molecule has 0 radical (unpaired) electrons. The van der Waals surface area contributed by atoms with E-state index < -0.39 is 5.60 Å². The molecule has 1 rings (SSSR count). The van der Waals surface area contributed by atoms with Crippen LogP contribution in [0.25, 0.3) is 0 Å². The lowest BCUT2D eigenvalue weighted by Gasteiger charge is -2.33. The van der Waals surface area contributed by atoms with E-state index in [0.29, 0.717) is 6.54 Å². The van der Waals surface area contributed by atoms with Crippen LogP contribution in [0.3, 0.4) is 0 Å². The lowest BCUT2D eigenvalue weighted by Crippen LogP contribution is -2.43. The zero-order valence-electron chi connectivity index (χ0n) is 14.3. The Morgan fingerprint density at radius 3 is 2.52 bits per heavy atom. The van der Waals surface area contributed by atoms with Gasteiger partial charge in [0.1, 0.15) is 5.60 Å². The third-order valence-corrected chi connectivity index (χ3v) is 3.53. The molecule has 0 heterocycles. The van der Waals surface area contributed by atoms with Crippen molar-refractivity contribution in [2.75, 3.05) is 6.54 Å². The molecule has 3 heteroatoms. The van der Waals surface area contributed by atoms with Crippen LogP contribution in [0.2, 0.25) is 0 Å². The molecule has 0 aromatic heterocycles. The summed E-state index contributed by atoms with van der Waals surface area (Å²) in [5.74, 6) is 0. The standard InChI is InChI=1S/C18H29NO2/c1-7-16(15-12-10-9-11-13-15)14(3)19(8-2)17(20)21-18(4,5)6/h7,10,12-14H,8-9,11H2,1-6H3/b16-7+. The Bertz CT molecular complexity index is 452. The number of ether oxygens (including phenoxy) is 1. The monoisotopic (exact) mass is 291 g/mol. The first-order valence-electron chi connectivity index (χ1n) is 7.83. The smallest absolute Gasteiger partial charge is 0.410 e. The molecule has 0 bridgehead atoms. The molecule has 1 unspecified atom stereocenters. The quantitative estimate of drug-likeness (QED) is 0.740. The highest BCUT2D eigenvalue weighted by Crippen LogP contribution is 2.25. The van der Waals surface area contributed by atoms with Crippen LogP contribution >= 0.6 is 0 Å². The molecule has 0 saturated carbocycles. The summed E-state index contributed by atoms with van der Waals surface area (Å²) >= 11 is 0. The molecule has 3 nitrogen and oxygen atoms in total. The van der Waals surface area contributed by atoms with E-state index in [0.717, 1.165) is 12.8 Å². The van der Waals surface area contributed by atoms with E-state index in [-0.39, 0.29) is 12.1 Å². The summed E-state index contributed by atoms with van der Waals surface area (Å²) in [5, 5.41) is 0. The lowest BCUT2D eigenvalue weighted by atomic mass is 9.94. The Balaban J connectivity index is 2.91. The molecule has 1 atom stereocenters. The molecular formula is C18H29NO2. The second-order valence-corrected chi connectivity index (χ2v) is 6.33.